The highest BCUT2D eigenvalue weighted by Crippen LogP contribution is 2.16. The zero-order valence-electron chi connectivity index (χ0n) is 10.3. The van der Waals surface area contributed by atoms with E-state index < -0.39 is 11.7 Å². The van der Waals surface area contributed by atoms with Gasteiger partial charge < -0.3 is 15.5 Å². The van der Waals surface area contributed by atoms with Gasteiger partial charge in [0.05, 0.1) is 11.7 Å². The van der Waals surface area contributed by atoms with Crippen molar-refractivity contribution in [2.24, 2.45) is 0 Å². The van der Waals surface area contributed by atoms with Crippen molar-refractivity contribution < 1.29 is 10.2 Å². The summed E-state index contributed by atoms with van der Waals surface area (Å²) >= 11 is 5.77. The Labute approximate surface area is 107 Å². The van der Waals surface area contributed by atoms with Crippen LogP contribution >= 0.6 is 11.6 Å². The Kier molecular flexibility index (Phi) is 5.40. The number of aliphatic hydroxyl groups is 2. The van der Waals surface area contributed by atoms with Crippen LogP contribution in [0.25, 0.3) is 0 Å². The third kappa shape index (κ3) is 5.04. The van der Waals surface area contributed by atoms with Gasteiger partial charge in [0.25, 0.3) is 0 Å². The molecule has 0 aliphatic rings. The summed E-state index contributed by atoms with van der Waals surface area (Å²) in [5.74, 6) is 0. The third-order valence-electron chi connectivity index (χ3n) is 2.86. The molecule has 0 aromatic heterocycles. The topological polar surface area (TPSA) is 52.5 Å². The Morgan fingerprint density at radius 1 is 1.35 bits per heavy atom. The molecule has 2 atom stereocenters. The Hall–Kier alpha value is -0.610. The van der Waals surface area contributed by atoms with E-state index in [0.29, 0.717) is 24.5 Å². The van der Waals surface area contributed by atoms with E-state index in [0.717, 1.165) is 5.56 Å². The smallest absolute Gasteiger partial charge is 0.0914 e. The zero-order chi connectivity index (χ0) is 12.9. The molecule has 3 nitrogen and oxygen atoms in total. The van der Waals surface area contributed by atoms with Gasteiger partial charge in [-0.2, -0.15) is 0 Å². The minimum Gasteiger partial charge on any atom is -0.389 e. The van der Waals surface area contributed by atoms with Gasteiger partial charge in [-0.15, -0.1) is 0 Å². The van der Waals surface area contributed by atoms with Crippen LogP contribution in [-0.2, 0) is 0 Å². The maximum Gasteiger partial charge on any atom is 0.0914 e. The molecule has 3 N–H and O–H groups in total. The fraction of sp³-hybridized carbons (Fsp3) is 0.538. The average Bonchev–Trinajstić information content (AvgIpc) is 2.29. The summed E-state index contributed by atoms with van der Waals surface area (Å²) in [6.45, 7) is 4.58. The zero-order valence-corrected chi connectivity index (χ0v) is 11.0. The lowest BCUT2D eigenvalue weighted by Crippen LogP contribution is -2.38. The van der Waals surface area contributed by atoms with E-state index in [-0.39, 0.29) is 0 Å². The first-order valence-corrected chi connectivity index (χ1v) is 6.19. The van der Waals surface area contributed by atoms with Crippen molar-refractivity contribution in [3.63, 3.8) is 0 Å². The lowest BCUT2D eigenvalue weighted by molar-refractivity contribution is 0.0516. The van der Waals surface area contributed by atoms with Crippen LogP contribution in [0.4, 0.5) is 0 Å². The Balaban J connectivity index is 2.40. The van der Waals surface area contributed by atoms with Crippen LogP contribution < -0.4 is 5.32 Å². The molecule has 0 fully saturated rings. The fourth-order valence-corrected chi connectivity index (χ4v) is 1.53. The highest BCUT2D eigenvalue weighted by Gasteiger charge is 2.17. The molecule has 1 aromatic carbocycles. The van der Waals surface area contributed by atoms with Gasteiger partial charge >= 0.3 is 0 Å². The van der Waals surface area contributed by atoms with Crippen molar-refractivity contribution in [2.75, 3.05) is 13.1 Å². The van der Waals surface area contributed by atoms with Crippen LogP contribution in [-0.4, -0.2) is 28.9 Å². The minimum absolute atomic E-state index is 0.414. The molecule has 0 spiro atoms. The van der Waals surface area contributed by atoms with Crippen molar-refractivity contribution in [3.8, 4) is 0 Å². The summed E-state index contributed by atoms with van der Waals surface area (Å²) in [7, 11) is 0. The third-order valence-corrected chi connectivity index (χ3v) is 3.11. The fourth-order valence-electron chi connectivity index (χ4n) is 1.41. The van der Waals surface area contributed by atoms with Gasteiger partial charge in [0, 0.05) is 18.1 Å². The summed E-state index contributed by atoms with van der Waals surface area (Å²) in [6.07, 6.45) is 0.0942. The van der Waals surface area contributed by atoms with E-state index in [1.54, 1.807) is 31.2 Å². The largest absolute Gasteiger partial charge is 0.389 e. The molecule has 0 heterocycles. The quantitative estimate of drug-likeness (QED) is 0.732. The maximum atomic E-state index is 9.89. The highest BCUT2D eigenvalue weighted by molar-refractivity contribution is 6.30. The summed E-state index contributed by atoms with van der Waals surface area (Å²) < 4.78 is 0. The monoisotopic (exact) mass is 257 g/mol. The molecule has 0 bridgehead atoms. The second-order valence-corrected chi connectivity index (χ2v) is 4.99. The van der Waals surface area contributed by atoms with Crippen LogP contribution in [0, 0.1) is 0 Å². The summed E-state index contributed by atoms with van der Waals surface area (Å²) in [5, 5.41) is 23.4. The molecule has 1 rings (SSSR count). The lowest BCUT2D eigenvalue weighted by atomic mass is 10.0. The molecule has 4 heteroatoms. The Bertz CT molecular complexity index is 338. The number of hydrogen-bond acceptors (Lipinski definition) is 3. The average molecular weight is 258 g/mol. The Morgan fingerprint density at radius 2 is 1.94 bits per heavy atom. The van der Waals surface area contributed by atoms with E-state index >= 15 is 0 Å². The van der Waals surface area contributed by atoms with Gasteiger partial charge in [-0.25, -0.2) is 0 Å². The van der Waals surface area contributed by atoms with Crippen molar-refractivity contribution in [1.29, 1.82) is 0 Å². The first kappa shape index (κ1) is 14.5. The van der Waals surface area contributed by atoms with Crippen molar-refractivity contribution in [2.45, 2.75) is 32.0 Å². The van der Waals surface area contributed by atoms with Crippen molar-refractivity contribution >= 4 is 11.6 Å². The molecule has 0 aliphatic carbocycles. The SMILES string of the molecule is CCC(C)(O)CNCC(O)c1ccc(Cl)cc1. The van der Waals surface area contributed by atoms with E-state index in [2.05, 4.69) is 5.32 Å². The molecular formula is C13H20ClNO2. The molecule has 0 saturated carbocycles. The number of aliphatic hydroxyl groups excluding tert-OH is 1. The normalized spacial score (nSPS) is 16.5. The van der Waals surface area contributed by atoms with E-state index in [1.165, 1.54) is 0 Å². The van der Waals surface area contributed by atoms with Gasteiger partial charge in [-0.05, 0) is 31.0 Å². The molecule has 96 valence electrons. The van der Waals surface area contributed by atoms with E-state index in [4.69, 9.17) is 11.6 Å². The summed E-state index contributed by atoms with van der Waals surface area (Å²) in [5.41, 5.74) is 0.0951. The van der Waals surface area contributed by atoms with Gasteiger partial charge in [0.1, 0.15) is 0 Å². The summed E-state index contributed by atoms with van der Waals surface area (Å²) in [6, 6.07) is 7.10. The number of benzene rings is 1. The van der Waals surface area contributed by atoms with Gasteiger partial charge in [-0.1, -0.05) is 30.7 Å². The second-order valence-electron chi connectivity index (χ2n) is 4.55. The number of rotatable bonds is 6. The first-order valence-electron chi connectivity index (χ1n) is 5.81. The van der Waals surface area contributed by atoms with Gasteiger partial charge in [-0.3, -0.25) is 0 Å². The molecule has 0 amide bonds. The molecule has 2 unspecified atom stereocenters. The molecule has 0 saturated heterocycles. The first-order chi connectivity index (χ1) is 7.94. The number of halogens is 1. The lowest BCUT2D eigenvalue weighted by Gasteiger charge is -2.22. The predicted molar refractivity (Wildman–Crippen MR) is 70.2 cm³/mol. The number of nitrogens with one attached hydrogen (secondary N) is 1. The van der Waals surface area contributed by atoms with Gasteiger partial charge in [0.2, 0.25) is 0 Å². The van der Waals surface area contributed by atoms with Crippen LogP contribution in [0.1, 0.15) is 31.9 Å². The van der Waals surface area contributed by atoms with Gasteiger partial charge in [0.15, 0.2) is 0 Å². The maximum absolute atomic E-state index is 9.89. The van der Waals surface area contributed by atoms with Crippen molar-refractivity contribution in [1.82, 2.24) is 5.32 Å². The standard InChI is InChI=1S/C13H20ClNO2/c1-3-13(2,17)9-15-8-12(16)10-4-6-11(14)7-5-10/h4-7,12,15-17H,3,8-9H2,1-2H3. The molecule has 1 aromatic rings. The number of hydrogen-bond donors (Lipinski definition) is 3. The summed E-state index contributed by atoms with van der Waals surface area (Å²) in [4.78, 5) is 0. The minimum atomic E-state index is -0.723. The van der Waals surface area contributed by atoms with Crippen LogP contribution in [0.5, 0.6) is 0 Å². The molecule has 17 heavy (non-hydrogen) atoms. The van der Waals surface area contributed by atoms with E-state index in [1.807, 2.05) is 6.92 Å². The van der Waals surface area contributed by atoms with Crippen LogP contribution in [0.15, 0.2) is 24.3 Å². The predicted octanol–water partition coefficient (Wildman–Crippen LogP) is 2.12. The van der Waals surface area contributed by atoms with E-state index in [9.17, 15) is 10.2 Å². The molecule has 0 aliphatic heterocycles. The van der Waals surface area contributed by atoms with Crippen molar-refractivity contribution in [3.05, 3.63) is 34.9 Å². The molecule has 0 radical (unpaired) electrons. The highest BCUT2D eigenvalue weighted by atomic mass is 35.5. The van der Waals surface area contributed by atoms with Crippen LogP contribution in [0.3, 0.4) is 0 Å². The Morgan fingerprint density at radius 3 is 2.47 bits per heavy atom. The molecular weight excluding hydrogens is 238 g/mol. The second kappa shape index (κ2) is 6.36. The van der Waals surface area contributed by atoms with Crippen LogP contribution in [0.2, 0.25) is 5.02 Å².